The van der Waals surface area contributed by atoms with Gasteiger partial charge in [0, 0.05) is 19.3 Å². The number of hydrogen-bond donors (Lipinski definition) is 1. The highest BCUT2D eigenvalue weighted by atomic mass is 19.4. The van der Waals surface area contributed by atoms with Crippen LogP contribution in [0.1, 0.15) is 19.8 Å². The Labute approximate surface area is 76.5 Å². The molecule has 0 aromatic carbocycles. The smallest absolute Gasteiger partial charge is 0.382 e. The van der Waals surface area contributed by atoms with Crippen molar-refractivity contribution in [2.75, 3.05) is 20.3 Å². The minimum absolute atomic E-state index is 0.373. The number of hydrogen-bond acceptors (Lipinski definition) is 2. The van der Waals surface area contributed by atoms with Gasteiger partial charge in [-0.3, -0.25) is 0 Å². The molecule has 0 amide bonds. The molecule has 0 aromatic rings. The van der Waals surface area contributed by atoms with Crippen molar-refractivity contribution in [3.05, 3.63) is 0 Å². The van der Waals surface area contributed by atoms with Crippen molar-refractivity contribution in [2.24, 2.45) is 0 Å². The summed E-state index contributed by atoms with van der Waals surface area (Å²) in [6.45, 7) is 2.73. The van der Waals surface area contributed by atoms with Crippen LogP contribution >= 0.6 is 0 Å². The molecule has 5 heteroatoms. The molecule has 1 unspecified atom stereocenters. The predicted octanol–water partition coefficient (Wildman–Crippen LogP) is 1.95. The molecule has 0 saturated carbocycles. The maximum atomic E-state index is 11.9. The fourth-order valence-corrected chi connectivity index (χ4v) is 0.998. The zero-order valence-corrected chi connectivity index (χ0v) is 7.95. The van der Waals surface area contributed by atoms with E-state index in [0.29, 0.717) is 19.6 Å². The average Bonchev–Trinajstić information content (AvgIpc) is 2.01. The van der Waals surface area contributed by atoms with E-state index in [1.54, 1.807) is 0 Å². The fourth-order valence-electron chi connectivity index (χ4n) is 0.998. The fraction of sp³-hybridized carbons (Fsp3) is 1.00. The van der Waals surface area contributed by atoms with Crippen LogP contribution in [0.2, 0.25) is 0 Å². The highest BCUT2D eigenvalue weighted by Gasteiger charge is 2.30. The first kappa shape index (κ1) is 12.7. The number of ether oxygens (including phenoxy) is 1. The highest BCUT2D eigenvalue weighted by molar-refractivity contribution is 4.68. The lowest BCUT2D eigenvalue weighted by Gasteiger charge is -2.17. The first-order chi connectivity index (χ1) is 5.99. The first-order valence-electron chi connectivity index (χ1n) is 4.31. The molecule has 13 heavy (non-hydrogen) atoms. The second-order valence-corrected chi connectivity index (χ2v) is 2.79. The topological polar surface area (TPSA) is 21.3 Å². The van der Waals surface area contributed by atoms with Crippen molar-refractivity contribution in [3.8, 4) is 0 Å². The van der Waals surface area contributed by atoms with E-state index in [1.807, 2.05) is 6.92 Å². The number of halogens is 3. The lowest BCUT2D eigenvalue weighted by molar-refractivity contribution is -0.140. The third-order valence-corrected chi connectivity index (χ3v) is 1.70. The van der Waals surface area contributed by atoms with Crippen LogP contribution in [0.5, 0.6) is 0 Å². The molecule has 0 aliphatic carbocycles. The summed E-state index contributed by atoms with van der Waals surface area (Å²) in [5, 5.41) is 2.62. The molecule has 0 bridgehead atoms. The van der Waals surface area contributed by atoms with Gasteiger partial charge in [0.05, 0.1) is 6.42 Å². The molecule has 2 nitrogen and oxygen atoms in total. The Hall–Kier alpha value is -0.290. The van der Waals surface area contributed by atoms with Crippen molar-refractivity contribution in [3.63, 3.8) is 0 Å². The van der Waals surface area contributed by atoms with Crippen LogP contribution in [-0.4, -0.2) is 32.5 Å². The predicted molar refractivity (Wildman–Crippen MR) is 44.6 cm³/mol. The summed E-state index contributed by atoms with van der Waals surface area (Å²) in [5.74, 6) is 0. The minimum Gasteiger partial charge on any atom is -0.382 e. The molecule has 0 rings (SSSR count). The van der Waals surface area contributed by atoms with Crippen molar-refractivity contribution in [2.45, 2.75) is 32.0 Å². The van der Waals surface area contributed by atoms with E-state index < -0.39 is 18.6 Å². The number of nitrogens with one attached hydrogen (secondary N) is 1. The number of rotatable bonds is 6. The van der Waals surface area contributed by atoms with Crippen LogP contribution < -0.4 is 5.32 Å². The van der Waals surface area contributed by atoms with Gasteiger partial charge in [-0.1, -0.05) is 0 Å². The first-order valence-corrected chi connectivity index (χ1v) is 4.31. The van der Waals surface area contributed by atoms with Crippen molar-refractivity contribution in [1.82, 2.24) is 5.32 Å². The van der Waals surface area contributed by atoms with Crippen molar-refractivity contribution < 1.29 is 17.9 Å². The van der Waals surface area contributed by atoms with Crippen molar-refractivity contribution >= 4 is 0 Å². The molecule has 0 heterocycles. The van der Waals surface area contributed by atoms with Crippen LogP contribution in [0.4, 0.5) is 13.2 Å². The normalized spacial score (nSPS) is 14.5. The summed E-state index contributed by atoms with van der Waals surface area (Å²) < 4.78 is 40.7. The Morgan fingerprint density at radius 3 is 2.38 bits per heavy atom. The molecule has 0 aliphatic rings. The molecule has 1 atom stereocenters. The largest absolute Gasteiger partial charge is 0.390 e. The van der Waals surface area contributed by atoms with Gasteiger partial charge in [0.1, 0.15) is 0 Å². The molecule has 1 N–H and O–H groups in total. The van der Waals surface area contributed by atoms with Crippen LogP contribution in [0.25, 0.3) is 0 Å². The molecule has 0 aromatic heterocycles. The Balaban J connectivity index is 3.63. The minimum atomic E-state index is -4.10. The van der Waals surface area contributed by atoms with Crippen LogP contribution in [0, 0.1) is 0 Å². The van der Waals surface area contributed by atoms with E-state index in [9.17, 15) is 13.2 Å². The Bertz CT molecular complexity index is 127. The SMILES string of the molecule is CCOCCC(CC(F)(F)F)NC. The Kier molecular flexibility index (Phi) is 6.07. The van der Waals surface area contributed by atoms with Gasteiger partial charge in [0.15, 0.2) is 0 Å². The van der Waals surface area contributed by atoms with Gasteiger partial charge in [-0.15, -0.1) is 0 Å². The van der Waals surface area contributed by atoms with E-state index in [2.05, 4.69) is 5.32 Å². The van der Waals surface area contributed by atoms with E-state index >= 15 is 0 Å². The van der Waals surface area contributed by atoms with Gasteiger partial charge in [-0.05, 0) is 20.4 Å². The molecule has 0 spiro atoms. The second kappa shape index (κ2) is 6.21. The van der Waals surface area contributed by atoms with E-state index in [4.69, 9.17) is 4.74 Å². The second-order valence-electron chi connectivity index (χ2n) is 2.79. The van der Waals surface area contributed by atoms with Crippen LogP contribution in [-0.2, 0) is 4.74 Å². The van der Waals surface area contributed by atoms with Gasteiger partial charge >= 0.3 is 6.18 Å². The standard InChI is InChI=1S/C8H16F3NO/c1-3-13-5-4-7(12-2)6-8(9,10)11/h7,12H,3-6H2,1-2H3. The van der Waals surface area contributed by atoms with E-state index in [0.717, 1.165) is 0 Å². The molecular formula is C8H16F3NO. The molecule has 0 saturated heterocycles. The maximum Gasteiger partial charge on any atom is 0.390 e. The van der Waals surface area contributed by atoms with Gasteiger partial charge in [0.2, 0.25) is 0 Å². The van der Waals surface area contributed by atoms with Gasteiger partial charge in [-0.25, -0.2) is 0 Å². The maximum absolute atomic E-state index is 11.9. The summed E-state index contributed by atoms with van der Waals surface area (Å²) in [4.78, 5) is 0. The molecule has 0 fully saturated rings. The lowest BCUT2D eigenvalue weighted by atomic mass is 10.1. The summed E-state index contributed by atoms with van der Waals surface area (Å²) in [7, 11) is 1.53. The highest BCUT2D eigenvalue weighted by Crippen LogP contribution is 2.22. The Morgan fingerprint density at radius 2 is 2.00 bits per heavy atom. The summed E-state index contributed by atoms with van der Waals surface area (Å²) in [6, 6.07) is -0.536. The molecule has 0 radical (unpaired) electrons. The van der Waals surface area contributed by atoms with Gasteiger partial charge in [-0.2, -0.15) is 13.2 Å². The van der Waals surface area contributed by atoms with Crippen LogP contribution in [0.15, 0.2) is 0 Å². The van der Waals surface area contributed by atoms with Gasteiger partial charge in [0.25, 0.3) is 0 Å². The summed E-state index contributed by atoms with van der Waals surface area (Å²) in [6.07, 6.45) is -4.50. The monoisotopic (exact) mass is 199 g/mol. The Morgan fingerprint density at radius 1 is 1.38 bits per heavy atom. The number of alkyl halides is 3. The van der Waals surface area contributed by atoms with Gasteiger partial charge < -0.3 is 10.1 Å². The third-order valence-electron chi connectivity index (χ3n) is 1.70. The van der Waals surface area contributed by atoms with Crippen LogP contribution in [0.3, 0.4) is 0 Å². The zero-order chi connectivity index (χ0) is 10.3. The average molecular weight is 199 g/mol. The third kappa shape index (κ3) is 8.05. The molecule has 0 aliphatic heterocycles. The van der Waals surface area contributed by atoms with E-state index in [-0.39, 0.29) is 0 Å². The lowest BCUT2D eigenvalue weighted by Crippen LogP contribution is -2.32. The van der Waals surface area contributed by atoms with E-state index in [1.165, 1.54) is 7.05 Å². The van der Waals surface area contributed by atoms with Crippen molar-refractivity contribution in [1.29, 1.82) is 0 Å². The summed E-state index contributed by atoms with van der Waals surface area (Å²) in [5.41, 5.74) is 0. The molecule has 80 valence electrons. The quantitative estimate of drug-likeness (QED) is 0.660. The summed E-state index contributed by atoms with van der Waals surface area (Å²) >= 11 is 0. The zero-order valence-electron chi connectivity index (χ0n) is 7.95. The molecular weight excluding hydrogens is 183 g/mol.